The molecular weight excluding hydrogens is 356 g/mol. The van der Waals surface area contributed by atoms with Gasteiger partial charge in [-0.3, -0.25) is 4.79 Å². The molecule has 0 unspecified atom stereocenters. The number of amides is 2. The van der Waals surface area contributed by atoms with Crippen LogP contribution in [0.15, 0.2) is 51.5 Å². The molecule has 0 atom stereocenters. The Morgan fingerprint density at radius 1 is 1.32 bits per heavy atom. The average molecular weight is 374 g/mol. The smallest absolute Gasteiger partial charge is 0.317 e. The van der Waals surface area contributed by atoms with E-state index in [4.69, 9.17) is 0 Å². The number of benzene rings is 1. The van der Waals surface area contributed by atoms with Gasteiger partial charge in [0.25, 0.3) is 5.56 Å². The van der Waals surface area contributed by atoms with Crippen molar-refractivity contribution in [3.63, 3.8) is 0 Å². The Hall–Kier alpha value is -2.32. The van der Waals surface area contributed by atoms with Crippen LogP contribution in [0.3, 0.4) is 0 Å². The number of nitrogens with zero attached hydrogens (tertiary/aromatic N) is 2. The number of rotatable bonds is 6. The molecule has 130 valence electrons. The maximum absolute atomic E-state index is 12.1. The normalized spacial score (nSPS) is 10.8. The molecule has 8 heteroatoms. The van der Waals surface area contributed by atoms with Crippen molar-refractivity contribution in [2.75, 3.05) is 19.3 Å². The van der Waals surface area contributed by atoms with E-state index in [1.807, 2.05) is 35.7 Å². The summed E-state index contributed by atoms with van der Waals surface area (Å²) < 4.78 is 0.605. The maximum atomic E-state index is 12.1. The number of nitrogens with one attached hydrogen (secondary N) is 2. The molecule has 0 spiro atoms. The van der Waals surface area contributed by atoms with Crippen molar-refractivity contribution in [2.45, 2.75) is 11.4 Å². The first-order chi connectivity index (χ1) is 12.1. The molecule has 3 aromatic rings. The van der Waals surface area contributed by atoms with Crippen molar-refractivity contribution < 1.29 is 4.79 Å². The number of thioether (sulfide) groups is 1. The summed E-state index contributed by atoms with van der Waals surface area (Å²) in [5, 5.41) is 4.70. The molecule has 3 rings (SSSR count). The number of hydrogen-bond acceptors (Lipinski definition) is 5. The molecule has 6 nitrogen and oxygen atoms in total. The zero-order valence-electron chi connectivity index (χ0n) is 13.7. The summed E-state index contributed by atoms with van der Waals surface area (Å²) in [6.45, 7) is 0.814. The van der Waals surface area contributed by atoms with Crippen LogP contribution in [-0.4, -0.2) is 40.2 Å². The zero-order valence-corrected chi connectivity index (χ0v) is 15.3. The minimum Gasteiger partial charge on any atom is -0.337 e. The van der Waals surface area contributed by atoms with Gasteiger partial charge >= 0.3 is 6.03 Å². The first-order valence-corrected chi connectivity index (χ1v) is 9.63. The second kappa shape index (κ2) is 8.17. The Morgan fingerprint density at radius 2 is 2.12 bits per heavy atom. The van der Waals surface area contributed by atoms with Gasteiger partial charge in [-0.2, -0.15) is 0 Å². The number of fused-ring (bicyclic) bond motifs is 1. The predicted molar refractivity (Wildman–Crippen MR) is 102 cm³/mol. The number of carbonyl (C=O) groups excluding carboxylic acids is 1. The molecule has 0 aliphatic carbocycles. The van der Waals surface area contributed by atoms with Gasteiger partial charge < -0.3 is 15.2 Å². The van der Waals surface area contributed by atoms with Gasteiger partial charge in [0.15, 0.2) is 0 Å². The molecule has 0 bridgehead atoms. The molecule has 0 radical (unpaired) electrons. The Labute approximate surface area is 153 Å². The molecule has 0 aliphatic heterocycles. The second-order valence-electron chi connectivity index (χ2n) is 5.40. The van der Waals surface area contributed by atoms with Crippen molar-refractivity contribution in [1.29, 1.82) is 0 Å². The van der Waals surface area contributed by atoms with E-state index in [0.29, 0.717) is 22.6 Å². The number of hydrogen-bond donors (Lipinski definition) is 2. The largest absolute Gasteiger partial charge is 0.337 e. The lowest BCUT2D eigenvalue weighted by molar-refractivity contribution is 0.206. The van der Waals surface area contributed by atoms with E-state index >= 15 is 0 Å². The quantitative estimate of drug-likeness (QED) is 0.514. The molecule has 2 aromatic heterocycles. The van der Waals surface area contributed by atoms with Crippen molar-refractivity contribution in [1.82, 2.24) is 20.2 Å². The molecule has 1 aromatic carbocycles. The van der Waals surface area contributed by atoms with Crippen molar-refractivity contribution >= 4 is 39.3 Å². The Balaban J connectivity index is 1.49. The van der Waals surface area contributed by atoms with Crippen LogP contribution in [0.25, 0.3) is 10.2 Å². The van der Waals surface area contributed by atoms with E-state index in [-0.39, 0.29) is 18.1 Å². The molecule has 2 heterocycles. The number of aromatic nitrogens is 2. The summed E-state index contributed by atoms with van der Waals surface area (Å²) >= 11 is 3.05. The minimum atomic E-state index is -0.193. The molecule has 0 fully saturated rings. The lowest BCUT2D eigenvalue weighted by Gasteiger charge is -2.17. The highest BCUT2D eigenvalue weighted by Gasteiger charge is 2.11. The maximum Gasteiger partial charge on any atom is 0.317 e. The van der Waals surface area contributed by atoms with Crippen LogP contribution in [0.5, 0.6) is 0 Å². The van der Waals surface area contributed by atoms with Crippen LogP contribution in [0.4, 0.5) is 4.79 Å². The monoisotopic (exact) mass is 374 g/mol. The summed E-state index contributed by atoms with van der Waals surface area (Å²) in [6, 6.07) is 11.7. The van der Waals surface area contributed by atoms with E-state index < -0.39 is 0 Å². The van der Waals surface area contributed by atoms with Crippen molar-refractivity contribution in [3.05, 3.63) is 58.0 Å². The Bertz CT molecular complexity index is 908. The SMILES string of the molecule is CN(Cc1nc2ccsc2c(=O)[nH]1)C(=O)NCCSc1ccccc1. The van der Waals surface area contributed by atoms with Gasteiger partial charge in [-0.25, -0.2) is 9.78 Å². The third kappa shape index (κ3) is 4.61. The first kappa shape index (κ1) is 17.5. The van der Waals surface area contributed by atoms with Gasteiger partial charge in [0.1, 0.15) is 10.5 Å². The number of thiophene rings is 1. The van der Waals surface area contributed by atoms with Gasteiger partial charge in [-0.05, 0) is 23.6 Å². The predicted octanol–water partition coefficient (Wildman–Crippen LogP) is 2.92. The average Bonchev–Trinajstić information content (AvgIpc) is 3.08. The topological polar surface area (TPSA) is 78.1 Å². The summed E-state index contributed by atoms with van der Waals surface area (Å²) in [6.07, 6.45) is 0. The lowest BCUT2D eigenvalue weighted by atomic mass is 10.4. The summed E-state index contributed by atoms with van der Waals surface area (Å²) in [5.74, 6) is 1.27. The second-order valence-corrected chi connectivity index (χ2v) is 7.48. The highest BCUT2D eigenvalue weighted by atomic mass is 32.2. The van der Waals surface area contributed by atoms with Gasteiger partial charge in [-0.1, -0.05) is 18.2 Å². The molecular formula is C17H18N4O2S2. The fourth-order valence-corrected chi connectivity index (χ4v) is 3.79. The summed E-state index contributed by atoms with van der Waals surface area (Å²) in [4.78, 5) is 33.9. The van der Waals surface area contributed by atoms with Gasteiger partial charge in [0.05, 0.1) is 12.1 Å². The standard InChI is InChI=1S/C17H18N4O2S2/c1-21(11-14-19-13-7-9-25-15(13)16(22)20-14)17(23)18-8-10-24-12-5-3-2-4-6-12/h2-7,9H,8,10-11H2,1H3,(H,18,23)(H,19,20,22). The minimum absolute atomic E-state index is 0.164. The highest BCUT2D eigenvalue weighted by Crippen LogP contribution is 2.16. The molecule has 2 N–H and O–H groups in total. The van der Waals surface area contributed by atoms with Crippen molar-refractivity contribution in [3.8, 4) is 0 Å². The fourth-order valence-electron chi connectivity index (χ4n) is 2.27. The van der Waals surface area contributed by atoms with E-state index in [1.54, 1.807) is 24.9 Å². The number of H-pyrrole nitrogens is 1. The van der Waals surface area contributed by atoms with E-state index in [1.165, 1.54) is 21.1 Å². The van der Waals surface area contributed by atoms with Gasteiger partial charge in [-0.15, -0.1) is 23.1 Å². The van der Waals surface area contributed by atoms with Gasteiger partial charge in [0, 0.05) is 24.2 Å². The number of urea groups is 1. The number of aromatic amines is 1. The summed E-state index contributed by atoms with van der Waals surface area (Å²) in [7, 11) is 1.68. The Kier molecular flexibility index (Phi) is 5.72. The lowest BCUT2D eigenvalue weighted by Crippen LogP contribution is -2.38. The van der Waals surface area contributed by atoms with Crippen LogP contribution in [0.2, 0.25) is 0 Å². The molecule has 25 heavy (non-hydrogen) atoms. The first-order valence-electron chi connectivity index (χ1n) is 7.76. The molecule has 0 saturated carbocycles. The van der Waals surface area contributed by atoms with E-state index in [9.17, 15) is 9.59 Å². The van der Waals surface area contributed by atoms with Crippen LogP contribution in [0.1, 0.15) is 5.82 Å². The van der Waals surface area contributed by atoms with Crippen molar-refractivity contribution in [2.24, 2.45) is 0 Å². The van der Waals surface area contributed by atoms with Crippen LogP contribution < -0.4 is 10.9 Å². The summed E-state index contributed by atoms with van der Waals surface area (Å²) in [5.41, 5.74) is 0.500. The molecule has 2 amide bonds. The fraction of sp³-hybridized carbons (Fsp3) is 0.235. The highest BCUT2D eigenvalue weighted by molar-refractivity contribution is 7.99. The zero-order chi connectivity index (χ0) is 17.6. The third-order valence-electron chi connectivity index (χ3n) is 3.49. The Morgan fingerprint density at radius 3 is 2.92 bits per heavy atom. The van der Waals surface area contributed by atoms with Crippen LogP contribution >= 0.6 is 23.1 Å². The number of carbonyl (C=O) groups is 1. The van der Waals surface area contributed by atoms with Crippen LogP contribution in [0, 0.1) is 0 Å². The molecule has 0 aliphatic rings. The van der Waals surface area contributed by atoms with Gasteiger partial charge in [0.2, 0.25) is 0 Å². The third-order valence-corrected chi connectivity index (χ3v) is 5.40. The van der Waals surface area contributed by atoms with E-state index in [0.717, 1.165) is 5.75 Å². The van der Waals surface area contributed by atoms with E-state index in [2.05, 4.69) is 15.3 Å². The van der Waals surface area contributed by atoms with Crippen LogP contribution in [-0.2, 0) is 6.54 Å². The molecule has 0 saturated heterocycles.